The van der Waals surface area contributed by atoms with Crippen molar-refractivity contribution in [3.05, 3.63) is 72.1 Å². The maximum absolute atomic E-state index is 13.6. The van der Waals surface area contributed by atoms with Crippen molar-refractivity contribution < 1.29 is 29.1 Å². The fourth-order valence-electron chi connectivity index (χ4n) is 5.09. The molecule has 2 heterocycles. The SMILES string of the molecule is CSCCC(NC(=O)C(N)Cc1c[nH]c2ccccc12)C(=O)NC(Cc1c[nH]c2ccccc12)C(=O)NC(CC(N)=O)C(=O)O. The third-order valence-electron chi connectivity index (χ3n) is 7.45. The molecule has 0 spiro atoms. The number of hydrogen-bond donors (Lipinski definition) is 8. The molecule has 14 heteroatoms. The average Bonchev–Trinajstić information content (AvgIpc) is 3.62. The Balaban J connectivity index is 1.52. The number of fused-ring (bicyclic) bond motifs is 2. The third-order valence-corrected chi connectivity index (χ3v) is 8.09. The first-order chi connectivity index (χ1) is 21.6. The summed E-state index contributed by atoms with van der Waals surface area (Å²) in [6.07, 6.45) is 5.20. The largest absolute Gasteiger partial charge is 0.480 e. The van der Waals surface area contributed by atoms with E-state index in [0.29, 0.717) is 11.3 Å². The van der Waals surface area contributed by atoms with E-state index in [1.807, 2.05) is 54.8 Å². The van der Waals surface area contributed by atoms with E-state index in [4.69, 9.17) is 11.5 Å². The van der Waals surface area contributed by atoms with Crippen molar-refractivity contribution in [1.29, 1.82) is 0 Å². The van der Waals surface area contributed by atoms with E-state index in [0.717, 1.165) is 27.4 Å². The van der Waals surface area contributed by atoms with Gasteiger partial charge in [-0.05, 0) is 48.1 Å². The summed E-state index contributed by atoms with van der Waals surface area (Å²) in [5.41, 5.74) is 14.7. The zero-order valence-electron chi connectivity index (χ0n) is 24.7. The number of H-pyrrole nitrogens is 2. The summed E-state index contributed by atoms with van der Waals surface area (Å²) in [4.78, 5) is 69.7. The number of amides is 4. The number of carboxylic acid groups (broad SMARTS) is 1. The van der Waals surface area contributed by atoms with Crippen molar-refractivity contribution >= 4 is 63.2 Å². The van der Waals surface area contributed by atoms with Gasteiger partial charge in [-0.25, -0.2) is 4.79 Å². The lowest BCUT2D eigenvalue weighted by molar-refractivity contribution is -0.143. The number of carbonyl (C=O) groups is 5. The van der Waals surface area contributed by atoms with Gasteiger partial charge in [0.2, 0.25) is 23.6 Å². The number of primary amides is 1. The Hall–Kier alpha value is -4.82. The number of aromatic amines is 2. The summed E-state index contributed by atoms with van der Waals surface area (Å²) in [5, 5.41) is 19.0. The van der Waals surface area contributed by atoms with Crippen LogP contribution in [0.2, 0.25) is 0 Å². The molecular weight excluding hydrogens is 598 g/mol. The molecule has 4 amide bonds. The Morgan fingerprint density at radius 1 is 0.778 bits per heavy atom. The van der Waals surface area contributed by atoms with E-state index in [1.54, 1.807) is 12.4 Å². The fraction of sp³-hybridized carbons (Fsp3) is 0.323. The average molecular weight is 636 g/mol. The van der Waals surface area contributed by atoms with Gasteiger partial charge in [-0.2, -0.15) is 11.8 Å². The lowest BCUT2D eigenvalue weighted by Crippen LogP contribution is -2.58. The van der Waals surface area contributed by atoms with Gasteiger partial charge in [0.05, 0.1) is 12.5 Å². The van der Waals surface area contributed by atoms with Crippen molar-refractivity contribution in [3.63, 3.8) is 0 Å². The Morgan fingerprint density at radius 2 is 1.29 bits per heavy atom. The molecular formula is C31H37N7O6S. The minimum Gasteiger partial charge on any atom is -0.480 e. The summed E-state index contributed by atoms with van der Waals surface area (Å²) in [5.74, 6) is -3.84. The molecule has 0 aliphatic rings. The minimum atomic E-state index is -1.59. The summed E-state index contributed by atoms with van der Waals surface area (Å²) in [6.45, 7) is 0. The molecule has 0 saturated carbocycles. The van der Waals surface area contributed by atoms with Crippen LogP contribution in [0.5, 0.6) is 0 Å². The fourth-order valence-corrected chi connectivity index (χ4v) is 5.56. The van der Waals surface area contributed by atoms with Crippen LogP contribution < -0.4 is 27.4 Å². The molecule has 4 atom stereocenters. The van der Waals surface area contributed by atoms with E-state index in [2.05, 4.69) is 25.9 Å². The molecule has 0 fully saturated rings. The van der Waals surface area contributed by atoms with Crippen LogP contribution in [-0.4, -0.2) is 80.8 Å². The molecule has 0 aliphatic heterocycles. The molecule has 2 aromatic carbocycles. The first-order valence-electron chi connectivity index (χ1n) is 14.3. The molecule has 0 aliphatic carbocycles. The van der Waals surface area contributed by atoms with Crippen LogP contribution in [0, 0.1) is 0 Å². The highest BCUT2D eigenvalue weighted by molar-refractivity contribution is 7.98. The molecule has 0 saturated heterocycles. The predicted octanol–water partition coefficient (Wildman–Crippen LogP) is 0.929. The van der Waals surface area contributed by atoms with Crippen LogP contribution in [-0.2, 0) is 36.8 Å². The standard InChI is InChI=1S/C31H37N7O6S/c1-45-11-10-24(36-28(40)21(32)12-17-15-34-22-8-4-2-6-19(17)22)29(41)37-25(30(42)38-26(31(43)44)14-27(33)39)13-18-16-35-23-9-5-3-7-20(18)23/h2-9,15-16,21,24-26,34-35H,10-14,32H2,1H3,(H2,33,39)(H,36,40)(H,37,41)(H,38,42)(H,43,44). The van der Waals surface area contributed by atoms with E-state index in [9.17, 15) is 29.1 Å². The molecule has 4 unspecified atom stereocenters. The van der Waals surface area contributed by atoms with Gasteiger partial charge in [-0.3, -0.25) is 19.2 Å². The number of para-hydroxylation sites is 2. The van der Waals surface area contributed by atoms with Gasteiger partial charge in [-0.1, -0.05) is 36.4 Å². The first-order valence-corrected chi connectivity index (χ1v) is 15.7. The number of nitrogens with two attached hydrogens (primary N) is 2. The number of hydrogen-bond acceptors (Lipinski definition) is 7. The number of thioether (sulfide) groups is 1. The van der Waals surface area contributed by atoms with E-state index >= 15 is 0 Å². The molecule has 0 radical (unpaired) electrons. The van der Waals surface area contributed by atoms with E-state index < -0.39 is 60.2 Å². The zero-order chi connectivity index (χ0) is 32.5. The number of rotatable bonds is 16. The number of benzene rings is 2. The quantitative estimate of drug-likeness (QED) is 0.0882. The van der Waals surface area contributed by atoms with Crippen LogP contribution in [0.3, 0.4) is 0 Å². The van der Waals surface area contributed by atoms with Gasteiger partial charge in [0.1, 0.15) is 18.1 Å². The van der Waals surface area contributed by atoms with Crippen LogP contribution in [0.25, 0.3) is 21.8 Å². The highest BCUT2D eigenvalue weighted by atomic mass is 32.2. The summed E-state index contributed by atoms with van der Waals surface area (Å²) in [7, 11) is 0. The van der Waals surface area contributed by atoms with Crippen LogP contribution in [0.4, 0.5) is 0 Å². The molecule has 10 N–H and O–H groups in total. The second kappa shape index (κ2) is 15.3. The van der Waals surface area contributed by atoms with Gasteiger partial charge >= 0.3 is 5.97 Å². The second-order valence-corrected chi connectivity index (χ2v) is 11.7. The number of aromatic nitrogens is 2. The second-order valence-electron chi connectivity index (χ2n) is 10.7. The van der Waals surface area contributed by atoms with Crippen LogP contribution in [0.15, 0.2) is 60.9 Å². The van der Waals surface area contributed by atoms with Gasteiger partial charge in [0, 0.05) is 40.6 Å². The highest BCUT2D eigenvalue weighted by Gasteiger charge is 2.31. The maximum Gasteiger partial charge on any atom is 0.326 e. The number of aliphatic carboxylic acids is 1. The van der Waals surface area contributed by atoms with Crippen molar-refractivity contribution in [3.8, 4) is 0 Å². The first kappa shape index (κ1) is 33.1. The molecule has 238 valence electrons. The Bertz CT molecular complexity index is 1680. The number of carboxylic acids is 1. The molecule has 45 heavy (non-hydrogen) atoms. The van der Waals surface area contributed by atoms with Crippen molar-refractivity contribution in [1.82, 2.24) is 25.9 Å². The third kappa shape index (κ3) is 8.64. The Kier molecular flexibility index (Phi) is 11.2. The minimum absolute atomic E-state index is 0.00618. The molecule has 2 aromatic heterocycles. The number of carbonyl (C=O) groups excluding carboxylic acids is 4. The van der Waals surface area contributed by atoms with Crippen molar-refractivity contribution in [2.75, 3.05) is 12.0 Å². The number of nitrogens with one attached hydrogen (secondary N) is 5. The van der Waals surface area contributed by atoms with Crippen LogP contribution >= 0.6 is 11.8 Å². The topological polar surface area (TPSA) is 225 Å². The van der Waals surface area contributed by atoms with E-state index in [1.165, 1.54) is 11.8 Å². The van der Waals surface area contributed by atoms with Gasteiger partial charge in [-0.15, -0.1) is 0 Å². The molecule has 0 bridgehead atoms. The predicted molar refractivity (Wildman–Crippen MR) is 172 cm³/mol. The van der Waals surface area contributed by atoms with Gasteiger partial charge in [0.25, 0.3) is 0 Å². The lowest BCUT2D eigenvalue weighted by Gasteiger charge is -2.25. The Morgan fingerprint density at radius 3 is 1.84 bits per heavy atom. The molecule has 13 nitrogen and oxygen atoms in total. The zero-order valence-corrected chi connectivity index (χ0v) is 25.5. The van der Waals surface area contributed by atoms with Crippen molar-refractivity contribution in [2.45, 2.75) is 49.9 Å². The molecule has 4 aromatic rings. The summed E-state index contributed by atoms with van der Waals surface area (Å²) < 4.78 is 0. The van der Waals surface area contributed by atoms with Gasteiger partial charge in [0.15, 0.2) is 0 Å². The lowest BCUT2D eigenvalue weighted by atomic mass is 10.0. The maximum atomic E-state index is 13.6. The summed E-state index contributed by atoms with van der Waals surface area (Å²) >= 11 is 1.48. The monoisotopic (exact) mass is 635 g/mol. The smallest absolute Gasteiger partial charge is 0.326 e. The normalized spacial score (nSPS) is 13.9. The van der Waals surface area contributed by atoms with Crippen LogP contribution in [0.1, 0.15) is 24.0 Å². The molecule has 4 rings (SSSR count). The van der Waals surface area contributed by atoms with Crippen molar-refractivity contribution in [2.24, 2.45) is 11.5 Å². The van der Waals surface area contributed by atoms with Gasteiger partial charge < -0.3 is 42.5 Å². The Labute approximate surface area is 263 Å². The van der Waals surface area contributed by atoms with E-state index in [-0.39, 0.29) is 19.3 Å². The highest BCUT2D eigenvalue weighted by Crippen LogP contribution is 2.20. The summed E-state index contributed by atoms with van der Waals surface area (Å²) in [6, 6.07) is 10.2.